The van der Waals surface area contributed by atoms with E-state index >= 15 is 0 Å². The van der Waals surface area contributed by atoms with Crippen molar-refractivity contribution in [2.45, 2.75) is 12.8 Å². The summed E-state index contributed by atoms with van der Waals surface area (Å²) in [6.45, 7) is 0. The third-order valence-corrected chi connectivity index (χ3v) is 12.4. The van der Waals surface area contributed by atoms with Crippen molar-refractivity contribution in [2.24, 2.45) is 0 Å². The van der Waals surface area contributed by atoms with Crippen molar-refractivity contribution in [3.8, 4) is 68.2 Å². The molecule has 12 rings (SSSR count). The molecule has 0 saturated carbocycles. The number of hydrogen-bond donors (Lipinski definition) is 0. The molecule has 0 atom stereocenters. The smallest absolute Gasteiger partial charge is 0.164 e. The minimum Gasteiger partial charge on any atom is -0.313 e. The van der Waals surface area contributed by atoms with Gasteiger partial charge in [-0.3, -0.25) is 0 Å². The fourth-order valence-corrected chi connectivity index (χ4v) is 9.38. The summed E-state index contributed by atoms with van der Waals surface area (Å²) < 4.78 is 4.85. The average molecular weight is 819 g/mol. The molecule has 0 unspecified atom stereocenters. The molecule has 6 heteroatoms. The number of para-hydroxylation sites is 2. The van der Waals surface area contributed by atoms with Crippen molar-refractivity contribution >= 4 is 49.3 Å². The highest BCUT2D eigenvalue weighted by atomic mass is 15.0. The van der Waals surface area contributed by atoms with Gasteiger partial charge in [0, 0.05) is 49.6 Å². The number of allylic oxidation sites excluding steroid dienone is 4. The fourth-order valence-electron chi connectivity index (χ4n) is 9.38. The van der Waals surface area contributed by atoms with Gasteiger partial charge in [-0.05, 0) is 108 Å². The maximum atomic E-state index is 9.53. The summed E-state index contributed by atoms with van der Waals surface area (Å²) in [5.74, 6) is 1.67. The first-order chi connectivity index (χ1) is 31.7. The third kappa shape index (κ3) is 6.38. The number of nitriles is 1. The molecule has 1 aliphatic carbocycles. The second kappa shape index (κ2) is 15.4. The molecule has 0 spiro atoms. The molecule has 11 aromatic rings. The molecule has 0 amide bonds. The third-order valence-electron chi connectivity index (χ3n) is 12.4. The van der Waals surface area contributed by atoms with Crippen molar-refractivity contribution in [1.82, 2.24) is 24.1 Å². The van der Waals surface area contributed by atoms with Gasteiger partial charge in [0.25, 0.3) is 0 Å². The zero-order chi connectivity index (χ0) is 42.6. The van der Waals surface area contributed by atoms with Crippen LogP contribution in [0.25, 0.3) is 111 Å². The Balaban J connectivity index is 1.08. The molecule has 0 fully saturated rings. The van der Waals surface area contributed by atoms with Crippen molar-refractivity contribution in [3.05, 3.63) is 212 Å². The number of rotatable bonds is 7. The van der Waals surface area contributed by atoms with E-state index in [2.05, 4.69) is 161 Å². The minimum atomic E-state index is 0.536. The first kappa shape index (κ1) is 37.1. The van der Waals surface area contributed by atoms with Gasteiger partial charge in [0.15, 0.2) is 17.5 Å². The zero-order valence-corrected chi connectivity index (χ0v) is 34.7. The van der Waals surface area contributed by atoms with Gasteiger partial charge in [-0.1, -0.05) is 133 Å². The van der Waals surface area contributed by atoms with Crippen LogP contribution in [0.15, 0.2) is 206 Å². The van der Waals surface area contributed by atoms with Crippen LogP contribution in [-0.4, -0.2) is 24.1 Å². The van der Waals surface area contributed by atoms with Gasteiger partial charge in [0.05, 0.1) is 33.7 Å². The predicted octanol–water partition coefficient (Wildman–Crippen LogP) is 14.5. The maximum absolute atomic E-state index is 9.53. The Morgan fingerprint density at radius 1 is 0.406 bits per heavy atom. The van der Waals surface area contributed by atoms with Crippen molar-refractivity contribution < 1.29 is 0 Å². The molecular formula is C58H38N6. The number of aromatic nitrogens is 5. The van der Waals surface area contributed by atoms with Gasteiger partial charge in [0.2, 0.25) is 0 Å². The molecule has 3 heterocycles. The second-order valence-corrected chi connectivity index (χ2v) is 16.3. The lowest BCUT2D eigenvalue weighted by atomic mass is 10.0. The predicted molar refractivity (Wildman–Crippen MR) is 262 cm³/mol. The van der Waals surface area contributed by atoms with E-state index in [-0.39, 0.29) is 0 Å². The summed E-state index contributed by atoms with van der Waals surface area (Å²) in [6, 6.07) is 68.0. The van der Waals surface area contributed by atoms with Crippen molar-refractivity contribution in [3.63, 3.8) is 0 Å². The van der Waals surface area contributed by atoms with Gasteiger partial charge in [-0.25, -0.2) is 15.0 Å². The van der Waals surface area contributed by atoms with Crippen LogP contribution in [0.3, 0.4) is 0 Å². The number of nitrogens with zero attached hydrogens (tertiary/aromatic N) is 6. The van der Waals surface area contributed by atoms with E-state index in [1.54, 1.807) is 12.1 Å². The zero-order valence-electron chi connectivity index (χ0n) is 34.7. The summed E-state index contributed by atoms with van der Waals surface area (Å²) in [7, 11) is 0. The monoisotopic (exact) mass is 818 g/mol. The molecule has 0 aliphatic heterocycles. The van der Waals surface area contributed by atoms with Crippen LogP contribution in [0.4, 0.5) is 0 Å². The Hall–Kier alpha value is -8.66. The maximum Gasteiger partial charge on any atom is 0.164 e. The lowest BCUT2D eigenvalue weighted by molar-refractivity contribution is 0.979. The molecule has 64 heavy (non-hydrogen) atoms. The molecule has 3 aromatic heterocycles. The van der Waals surface area contributed by atoms with Gasteiger partial charge in [-0.15, -0.1) is 0 Å². The summed E-state index contributed by atoms with van der Waals surface area (Å²) >= 11 is 0. The van der Waals surface area contributed by atoms with E-state index in [1.807, 2.05) is 48.5 Å². The van der Waals surface area contributed by atoms with Crippen LogP contribution in [0.5, 0.6) is 0 Å². The molecule has 0 radical (unpaired) electrons. The Bertz CT molecular complexity index is 3720. The topological polar surface area (TPSA) is 72.3 Å². The van der Waals surface area contributed by atoms with Gasteiger partial charge in [0.1, 0.15) is 0 Å². The van der Waals surface area contributed by atoms with Crippen molar-refractivity contribution in [1.29, 1.82) is 5.26 Å². The van der Waals surface area contributed by atoms with E-state index < -0.39 is 0 Å². The Kier molecular flexibility index (Phi) is 8.91. The van der Waals surface area contributed by atoms with E-state index in [9.17, 15) is 5.26 Å². The standard InChI is InChI=1S/C58H38N6/c59-37-38-24-26-41(27-25-38)57-60-56(40-16-6-2-7-17-40)61-58(62-57)45-32-44(39-14-4-1-5-15-39)33-47(34-45)64-53-23-13-11-21-49(53)51-31-29-43(36-55(51)64)42-28-30-50-48-20-10-12-22-52(48)63(54(50)35-42)46-18-8-3-9-19-46/h1-8,10-18,20-36H,9,19H2. The lowest BCUT2D eigenvalue weighted by Crippen LogP contribution is -2.02. The quantitative estimate of drug-likeness (QED) is 0.161. The minimum absolute atomic E-state index is 0.536. The van der Waals surface area contributed by atoms with Crippen LogP contribution in [-0.2, 0) is 0 Å². The molecule has 0 N–H and O–H groups in total. The average Bonchev–Trinajstić information content (AvgIpc) is 3.89. The Morgan fingerprint density at radius 3 is 1.52 bits per heavy atom. The molecule has 300 valence electrons. The SMILES string of the molecule is N#Cc1ccc(-c2nc(-c3ccccc3)nc(-c3cc(-c4ccccc4)cc(-n4c5ccccc5c5ccc(-c6ccc7c8ccccc8n(C8=CC=CCC8)c7c6)cc54)c3)n2)cc1. The fraction of sp³-hybridized carbons (Fsp3) is 0.0345. The van der Waals surface area contributed by atoms with Crippen LogP contribution in [0, 0.1) is 11.3 Å². The second-order valence-electron chi connectivity index (χ2n) is 16.3. The summed E-state index contributed by atoms with van der Waals surface area (Å²) in [6.07, 6.45) is 8.73. The number of benzene rings is 8. The highest BCUT2D eigenvalue weighted by Gasteiger charge is 2.20. The Labute approximate surface area is 370 Å². The van der Waals surface area contributed by atoms with Gasteiger partial charge < -0.3 is 9.13 Å². The molecule has 0 saturated heterocycles. The van der Waals surface area contributed by atoms with Gasteiger partial charge in [-0.2, -0.15) is 5.26 Å². The number of hydrogen-bond acceptors (Lipinski definition) is 4. The highest BCUT2D eigenvalue weighted by molar-refractivity contribution is 6.12. The van der Waals surface area contributed by atoms with E-state index in [4.69, 9.17) is 15.0 Å². The van der Waals surface area contributed by atoms with Crippen LogP contribution < -0.4 is 0 Å². The number of fused-ring (bicyclic) bond motifs is 6. The lowest BCUT2D eigenvalue weighted by Gasteiger charge is -2.15. The normalized spacial score (nSPS) is 12.6. The van der Waals surface area contributed by atoms with Crippen LogP contribution in [0.1, 0.15) is 18.4 Å². The van der Waals surface area contributed by atoms with E-state index in [0.29, 0.717) is 23.0 Å². The molecule has 1 aliphatic rings. The molecule has 8 aromatic carbocycles. The summed E-state index contributed by atoms with van der Waals surface area (Å²) in [4.78, 5) is 15.3. The first-order valence-electron chi connectivity index (χ1n) is 21.6. The highest BCUT2D eigenvalue weighted by Crippen LogP contribution is 2.40. The summed E-state index contributed by atoms with van der Waals surface area (Å²) in [5.41, 5.74) is 14.5. The largest absolute Gasteiger partial charge is 0.313 e. The van der Waals surface area contributed by atoms with Crippen LogP contribution in [0.2, 0.25) is 0 Å². The molecular weight excluding hydrogens is 781 g/mol. The first-order valence-corrected chi connectivity index (χ1v) is 21.6. The van der Waals surface area contributed by atoms with Crippen molar-refractivity contribution in [2.75, 3.05) is 0 Å². The van der Waals surface area contributed by atoms with E-state index in [0.717, 1.165) is 68.5 Å². The van der Waals surface area contributed by atoms with Crippen LogP contribution >= 0.6 is 0 Å². The van der Waals surface area contributed by atoms with Gasteiger partial charge >= 0.3 is 0 Å². The Morgan fingerprint density at radius 2 is 0.906 bits per heavy atom. The molecule has 0 bridgehead atoms. The van der Waals surface area contributed by atoms with E-state index in [1.165, 1.54) is 38.3 Å². The molecule has 6 nitrogen and oxygen atoms in total. The summed E-state index contributed by atoms with van der Waals surface area (Å²) in [5, 5.41) is 14.4.